The van der Waals surface area contributed by atoms with Crippen molar-refractivity contribution >= 4 is 11.5 Å². The van der Waals surface area contributed by atoms with E-state index in [-0.39, 0.29) is 6.04 Å². The second kappa shape index (κ2) is 6.14. The molecule has 4 heteroatoms. The van der Waals surface area contributed by atoms with E-state index < -0.39 is 0 Å². The third-order valence-corrected chi connectivity index (χ3v) is 4.01. The van der Waals surface area contributed by atoms with Crippen LogP contribution in [-0.4, -0.2) is 31.2 Å². The fraction of sp³-hybridized carbons (Fsp3) is 0.353. The van der Waals surface area contributed by atoms with Gasteiger partial charge < -0.3 is 15.5 Å². The molecule has 3 rings (SSSR count). The minimum absolute atomic E-state index is 0.0147. The van der Waals surface area contributed by atoms with Crippen molar-refractivity contribution in [2.45, 2.75) is 13.0 Å². The average molecular weight is 282 g/mol. The maximum absolute atomic E-state index is 6.06. The van der Waals surface area contributed by atoms with Gasteiger partial charge in [-0.05, 0) is 25.1 Å². The monoisotopic (exact) mass is 282 g/mol. The van der Waals surface area contributed by atoms with Gasteiger partial charge in [-0.1, -0.05) is 24.3 Å². The molecule has 0 spiro atoms. The summed E-state index contributed by atoms with van der Waals surface area (Å²) in [5, 5.41) is 0. The number of anilines is 2. The highest BCUT2D eigenvalue weighted by atomic mass is 15.3. The van der Waals surface area contributed by atoms with Gasteiger partial charge in [0.25, 0.3) is 0 Å². The van der Waals surface area contributed by atoms with Gasteiger partial charge in [-0.3, -0.25) is 0 Å². The summed E-state index contributed by atoms with van der Waals surface area (Å²) in [6.45, 7) is 6.00. The Kier molecular flexibility index (Phi) is 4.06. The number of nitrogens with two attached hydrogens (primary N) is 1. The number of aromatic nitrogens is 1. The normalized spacial score (nSPS) is 16.9. The van der Waals surface area contributed by atoms with Gasteiger partial charge in [-0.2, -0.15) is 0 Å². The minimum Gasteiger partial charge on any atom is -0.368 e. The molecule has 1 saturated heterocycles. The van der Waals surface area contributed by atoms with Crippen molar-refractivity contribution < 1.29 is 0 Å². The lowest BCUT2D eigenvalue weighted by Gasteiger charge is -2.37. The van der Waals surface area contributed by atoms with Gasteiger partial charge in [0.05, 0.1) is 0 Å². The molecular formula is C17H22N4. The zero-order valence-electron chi connectivity index (χ0n) is 12.4. The zero-order chi connectivity index (χ0) is 14.7. The zero-order valence-corrected chi connectivity index (χ0v) is 12.4. The molecule has 1 aliphatic heterocycles. The Labute approximate surface area is 126 Å². The largest absolute Gasteiger partial charge is 0.368 e. The molecule has 110 valence electrons. The fourth-order valence-electron chi connectivity index (χ4n) is 2.84. The van der Waals surface area contributed by atoms with Crippen LogP contribution >= 0.6 is 0 Å². The van der Waals surface area contributed by atoms with Crippen LogP contribution in [0.15, 0.2) is 48.7 Å². The lowest BCUT2D eigenvalue weighted by atomic mass is 10.1. The summed E-state index contributed by atoms with van der Waals surface area (Å²) in [5.74, 6) is 1.04. The van der Waals surface area contributed by atoms with Crippen molar-refractivity contribution in [3.05, 3.63) is 54.2 Å². The van der Waals surface area contributed by atoms with Crippen LogP contribution in [0.5, 0.6) is 0 Å². The molecule has 4 nitrogen and oxygen atoms in total. The minimum atomic E-state index is 0.0147. The quantitative estimate of drug-likeness (QED) is 0.939. The SMILES string of the molecule is C[C@H](N)c1cccnc1N1CCN(c2ccccc2)CC1. The summed E-state index contributed by atoms with van der Waals surface area (Å²) in [7, 11) is 0. The van der Waals surface area contributed by atoms with Crippen LogP contribution < -0.4 is 15.5 Å². The van der Waals surface area contributed by atoms with Crippen LogP contribution in [0.3, 0.4) is 0 Å². The van der Waals surface area contributed by atoms with Crippen molar-refractivity contribution in [2.75, 3.05) is 36.0 Å². The molecule has 0 saturated carbocycles. The molecule has 21 heavy (non-hydrogen) atoms. The van der Waals surface area contributed by atoms with Crippen molar-refractivity contribution in [1.29, 1.82) is 0 Å². The number of para-hydroxylation sites is 1. The average Bonchev–Trinajstić information content (AvgIpc) is 2.56. The fourth-order valence-corrected chi connectivity index (χ4v) is 2.84. The van der Waals surface area contributed by atoms with E-state index in [2.05, 4.69) is 51.2 Å². The van der Waals surface area contributed by atoms with E-state index in [1.807, 2.05) is 19.2 Å². The molecule has 0 bridgehead atoms. The lowest BCUT2D eigenvalue weighted by molar-refractivity contribution is 0.640. The summed E-state index contributed by atoms with van der Waals surface area (Å²) in [5.41, 5.74) is 8.49. The number of hydrogen-bond donors (Lipinski definition) is 1. The molecule has 1 fully saturated rings. The lowest BCUT2D eigenvalue weighted by Crippen LogP contribution is -2.47. The Morgan fingerprint density at radius 2 is 1.62 bits per heavy atom. The summed E-state index contributed by atoms with van der Waals surface area (Å²) in [4.78, 5) is 9.32. The molecule has 2 aromatic rings. The van der Waals surface area contributed by atoms with Crippen LogP contribution in [0.1, 0.15) is 18.5 Å². The molecule has 0 aliphatic carbocycles. The number of hydrogen-bond acceptors (Lipinski definition) is 4. The van der Waals surface area contributed by atoms with Gasteiger partial charge in [-0.15, -0.1) is 0 Å². The molecule has 2 heterocycles. The van der Waals surface area contributed by atoms with Crippen LogP contribution in [-0.2, 0) is 0 Å². The summed E-state index contributed by atoms with van der Waals surface area (Å²) < 4.78 is 0. The van der Waals surface area contributed by atoms with Crippen molar-refractivity contribution in [3.8, 4) is 0 Å². The van der Waals surface area contributed by atoms with E-state index in [0.29, 0.717) is 0 Å². The summed E-state index contributed by atoms with van der Waals surface area (Å²) >= 11 is 0. The predicted octanol–water partition coefficient (Wildman–Crippen LogP) is 2.43. The number of piperazine rings is 1. The Balaban J connectivity index is 1.72. The first-order valence-corrected chi connectivity index (χ1v) is 7.51. The first-order chi connectivity index (χ1) is 10.3. The third-order valence-electron chi connectivity index (χ3n) is 4.01. The molecule has 0 amide bonds. The first-order valence-electron chi connectivity index (χ1n) is 7.51. The van der Waals surface area contributed by atoms with E-state index in [0.717, 1.165) is 37.6 Å². The Morgan fingerprint density at radius 3 is 2.29 bits per heavy atom. The number of benzene rings is 1. The Bertz CT molecular complexity index is 574. The van der Waals surface area contributed by atoms with E-state index in [1.165, 1.54) is 5.69 Å². The van der Waals surface area contributed by atoms with Gasteiger partial charge in [0.1, 0.15) is 5.82 Å². The number of pyridine rings is 1. The van der Waals surface area contributed by atoms with E-state index in [1.54, 1.807) is 0 Å². The number of rotatable bonds is 3. The maximum atomic E-state index is 6.06. The predicted molar refractivity (Wildman–Crippen MR) is 87.7 cm³/mol. The van der Waals surface area contributed by atoms with E-state index in [4.69, 9.17) is 5.73 Å². The highest BCUT2D eigenvalue weighted by Gasteiger charge is 2.21. The maximum Gasteiger partial charge on any atom is 0.133 e. The van der Waals surface area contributed by atoms with Crippen molar-refractivity contribution in [1.82, 2.24) is 4.98 Å². The first kappa shape index (κ1) is 13.9. The molecule has 1 aromatic heterocycles. The van der Waals surface area contributed by atoms with E-state index >= 15 is 0 Å². The van der Waals surface area contributed by atoms with Gasteiger partial charge in [-0.25, -0.2) is 4.98 Å². The number of nitrogens with zero attached hydrogens (tertiary/aromatic N) is 3. The highest BCUT2D eigenvalue weighted by molar-refractivity contribution is 5.52. The summed E-state index contributed by atoms with van der Waals surface area (Å²) in [6.07, 6.45) is 1.85. The molecule has 0 unspecified atom stereocenters. The van der Waals surface area contributed by atoms with E-state index in [9.17, 15) is 0 Å². The molecule has 1 aromatic carbocycles. The molecular weight excluding hydrogens is 260 g/mol. The third kappa shape index (κ3) is 3.00. The van der Waals surface area contributed by atoms with Gasteiger partial charge in [0.2, 0.25) is 0 Å². The van der Waals surface area contributed by atoms with Gasteiger partial charge >= 0.3 is 0 Å². The molecule has 1 atom stereocenters. The van der Waals surface area contributed by atoms with Crippen LogP contribution in [0.25, 0.3) is 0 Å². The van der Waals surface area contributed by atoms with Crippen molar-refractivity contribution in [3.63, 3.8) is 0 Å². The smallest absolute Gasteiger partial charge is 0.133 e. The second-order valence-electron chi connectivity index (χ2n) is 5.51. The van der Waals surface area contributed by atoms with Crippen LogP contribution in [0, 0.1) is 0 Å². The molecule has 2 N–H and O–H groups in total. The van der Waals surface area contributed by atoms with Gasteiger partial charge in [0, 0.05) is 49.7 Å². The topological polar surface area (TPSA) is 45.4 Å². The second-order valence-corrected chi connectivity index (χ2v) is 5.51. The summed E-state index contributed by atoms with van der Waals surface area (Å²) in [6, 6.07) is 14.6. The molecule has 1 aliphatic rings. The van der Waals surface area contributed by atoms with Crippen molar-refractivity contribution in [2.24, 2.45) is 5.73 Å². The van der Waals surface area contributed by atoms with Gasteiger partial charge in [0.15, 0.2) is 0 Å². The van der Waals surface area contributed by atoms with Crippen LogP contribution in [0.4, 0.5) is 11.5 Å². The highest BCUT2D eigenvalue weighted by Crippen LogP contribution is 2.24. The standard InChI is InChI=1S/C17H22N4/c1-14(18)16-8-5-9-19-17(16)21-12-10-20(11-13-21)15-6-3-2-4-7-15/h2-9,14H,10-13,18H2,1H3/t14-/m0/s1. The Hall–Kier alpha value is -2.07. The van der Waals surface area contributed by atoms with Crippen LogP contribution in [0.2, 0.25) is 0 Å². The Morgan fingerprint density at radius 1 is 0.952 bits per heavy atom. The molecule has 0 radical (unpaired) electrons.